The molecule has 0 spiro atoms. The van der Waals surface area contributed by atoms with Gasteiger partial charge in [0.25, 0.3) is 0 Å². The third-order valence-electron chi connectivity index (χ3n) is 6.82. The molecule has 0 aromatic heterocycles. The first-order valence-electron chi connectivity index (χ1n) is 12.8. The van der Waals surface area contributed by atoms with Crippen molar-refractivity contribution in [3.05, 3.63) is 77.6 Å². The Morgan fingerprint density at radius 1 is 1.08 bits per heavy atom. The van der Waals surface area contributed by atoms with Crippen LogP contribution in [0.15, 0.2) is 60.7 Å². The van der Waals surface area contributed by atoms with Gasteiger partial charge in [0.1, 0.15) is 11.6 Å². The Morgan fingerprint density at radius 2 is 1.84 bits per heavy atom. The van der Waals surface area contributed by atoms with Crippen molar-refractivity contribution in [2.75, 3.05) is 26.5 Å². The molecule has 1 saturated heterocycles. The number of halogens is 1. The summed E-state index contributed by atoms with van der Waals surface area (Å²) in [5, 5.41) is 11.6. The highest BCUT2D eigenvalue weighted by atomic mass is 28.3. The van der Waals surface area contributed by atoms with Crippen LogP contribution in [-0.4, -0.2) is 56.8 Å². The Morgan fingerprint density at radius 3 is 2.57 bits per heavy atom. The second-order valence-corrected chi connectivity index (χ2v) is 16.4. The summed E-state index contributed by atoms with van der Waals surface area (Å²) in [5.41, 5.74) is 1.82. The molecule has 198 valence electrons. The van der Waals surface area contributed by atoms with Crippen LogP contribution >= 0.6 is 0 Å². The van der Waals surface area contributed by atoms with Gasteiger partial charge in [-0.25, -0.2) is 9.18 Å². The molecule has 4 rings (SSSR count). The highest BCUT2D eigenvalue weighted by Gasteiger charge is 2.33. The van der Waals surface area contributed by atoms with Crippen molar-refractivity contribution in [3.63, 3.8) is 0 Å². The average molecular weight is 526 g/mol. The molecule has 8 heteroatoms. The standard InChI is InChI=1S/C29H36FNO5Si/c1-37(2,3)17-16-34-20-36-28-23(9-8-21-6-4-5-7-26(21)28)19-35-27-18-31(29(32)33)15-14-25(27)22-10-12-24(30)13-11-22/h4-13,25,27H,14-20H2,1-3H3,(H,32,33). The van der Waals surface area contributed by atoms with Gasteiger partial charge in [0.2, 0.25) is 0 Å². The monoisotopic (exact) mass is 525 g/mol. The lowest BCUT2D eigenvalue weighted by Gasteiger charge is -2.37. The number of hydrogen-bond donors (Lipinski definition) is 1. The first kappa shape index (κ1) is 27.1. The van der Waals surface area contributed by atoms with Gasteiger partial charge in [0, 0.05) is 38.1 Å². The second-order valence-electron chi connectivity index (χ2n) is 10.8. The average Bonchev–Trinajstić information content (AvgIpc) is 2.87. The number of benzene rings is 3. The van der Waals surface area contributed by atoms with Crippen molar-refractivity contribution < 1.29 is 28.5 Å². The molecule has 3 aromatic carbocycles. The molecular formula is C29H36FNO5Si. The number of rotatable bonds is 10. The fourth-order valence-electron chi connectivity index (χ4n) is 4.66. The van der Waals surface area contributed by atoms with E-state index in [0.717, 1.165) is 33.7 Å². The van der Waals surface area contributed by atoms with Gasteiger partial charge in [0.05, 0.1) is 19.3 Å². The van der Waals surface area contributed by atoms with Crippen molar-refractivity contribution in [1.29, 1.82) is 0 Å². The summed E-state index contributed by atoms with van der Waals surface area (Å²) in [6.45, 7) is 8.68. The topological polar surface area (TPSA) is 68.2 Å². The smallest absolute Gasteiger partial charge is 0.407 e. The molecule has 2 unspecified atom stereocenters. The molecule has 1 N–H and O–H groups in total. The van der Waals surface area contributed by atoms with Gasteiger partial charge >= 0.3 is 6.09 Å². The van der Waals surface area contributed by atoms with Gasteiger partial charge in [-0.05, 0) is 35.5 Å². The van der Waals surface area contributed by atoms with E-state index in [4.69, 9.17) is 14.2 Å². The van der Waals surface area contributed by atoms with Gasteiger partial charge in [-0.15, -0.1) is 0 Å². The van der Waals surface area contributed by atoms with Crippen LogP contribution in [0.4, 0.5) is 9.18 Å². The van der Waals surface area contributed by atoms with Crippen molar-refractivity contribution in [3.8, 4) is 5.75 Å². The molecule has 1 fully saturated rings. The lowest BCUT2D eigenvalue weighted by Crippen LogP contribution is -2.46. The molecule has 1 aliphatic rings. The van der Waals surface area contributed by atoms with E-state index < -0.39 is 14.2 Å². The van der Waals surface area contributed by atoms with Crippen molar-refractivity contribution in [1.82, 2.24) is 4.90 Å². The quantitative estimate of drug-likeness (QED) is 0.181. The number of piperidine rings is 1. The summed E-state index contributed by atoms with van der Waals surface area (Å²) in [6, 6.07) is 19.5. The molecule has 0 saturated carbocycles. The molecule has 1 aliphatic heterocycles. The van der Waals surface area contributed by atoms with E-state index in [2.05, 4.69) is 19.6 Å². The van der Waals surface area contributed by atoms with Crippen molar-refractivity contribution in [2.45, 2.75) is 50.7 Å². The van der Waals surface area contributed by atoms with E-state index in [1.54, 1.807) is 12.1 Å². The van der Waals surface area contributed by atoms with Gasteiger partial charge in [-0.2, -0.15) is 0 Å². The highest BCUT2D eigenvalue weighted by molar-refractivity contribution is 6.76. The molecule has 3 aromatic rings. The molecule has 1 heterocycles. The first-order chi connectivity index (χ1) is 17.7. The number of ether oxygens (including phenoxy) is 3. The molecule has 0 bridgehead atoms. The van der Waals surface area contributed by atoms with E-state index in [0.29, 0.717) is 19.6 Å². The zero-order valence-corrected chi connectivity index (χ0v) is 22.8. The minimum Gasteiger partial charge on any atom is -0.467 e. The summed E-state index contributed by atoms with van der Waals surface area (Å²) in [5.74, 6) is 0.385. The molecule has 2 atom stereocenters. The third-order valence-corrected chi connectivity index (χ3v) is 8.53. The van der Waals surface area contributed by atoms with E-state index in [-0.39, 0.29) is 37.8 Å². The number of likely N-dealkylation sites (tertiary alicyclic amines) is 1. The maximum atomic E-state index is 13.5. The van der Waals surface area contributed by atoms with E-state index >= 15 is 0 Å². The van der Waals surface area contributed by atoms with E-state index in [1.807, 2.05) is 36.4 Å². The number of amides is 1. The van der Waals surface area contributed by atoms with E-state index in [9.17, 15) is 14.3 Å². The van der Waals surface area contributed by atoms with Crippen LogP contribution in [0.2, 0.25) is 25.7 Å². The Kier molecular flexibility index (Phi) is 8.84. The number of fused-ring (bicyclic) bond motifs is 1. The summed E-state index contributed by atoms with van der Waals surface area (Å²) in [7, 11) is -1.19. The van der Waals surface area contributed by atoms with E-state index in [1.165, 1.54) is 17.0 Å². The minimum atomic E-state index is -1.19. The van der Waals surface area contributed by atoms with Gasteiger partial charge in [-0.1, -0.05) is 68.2 Å². The summed E-state index contributed by atoms with van der Waals surface area (Å²) >= 11 is 0. The predicted octanol–water partition coefficient (Wildman–Crippen LogP) is 6.72. The second kappa shape index (κ2) is 12.1. The van der Waals surface area contributed by atoms with Crippen LogP contribution in [0.25, 0.3) is 10.8 Å². The molecular weight excluding hydrogens is 489 g/mol. The fourth-order valence-corrected chi connectivity index (χ4v) is 5.41. The van der Waals surface area contributed by atoms with Crippen molar-refractivity contribution >= 4 is 24.9 Å². The maximum absolute atomic E-state index is 13.5. The van der Waals surface area contributed by atoms with Gasteiger partial charge in [-0.3, -0.25) is 0 Å². The number of nitrogens with zero attached hydrogens (tertiary/aromatic N) is 1. The van der Waals surface area contributed by atoms with Crippen LogP contribution in [0.1, 0.15) is 23.5 Å². The summed E-state index contributed by atoms with van der Waals surface area (Å²) in [6.07, 6.45) is -0.729. The van der Waals surface area contributed by atoms with Crippen LogP contribution in [-0.2, 0) is 16.1 Å². The number of carbonyl (C=O) groups is 1. The SMILES string of the molecule is C[Si](C)(C)CCOCOc1c(COC2CN(C(=O)O)CCC2c2ccc(F)cc2)ccc2ccccc12. The Bertz CT molecular complexity index is 1200. The zero-order chi connectivity index (χ0) is 26.4. The zero-order valence-electron chi connectivity index (χ0n) is 21.8. The Balaban J connectivity index is 1.52. The Labute approximate surface area is 219 Å². The third kappa shape index (κ3) is 7.31. The molecule has 0 aliphatic carbocycles. The first-order valence-corrected chi connectivity index (χ1v) is 16.5. The number of hydrogen-bond acceptors (Lipinski definition) is 4. The Hall–Kier alpha value is -2.94. The molecule has 0 radical (unpaired) electrons. The normalized spacial score (nSPS) is 18.2. The van der Waals surface area contributed by atoms with Crippen LogP contribution in [0.5, 0.6) is 5.75 Å². The van der Waals surface area contributed by atoms with Gasteiger partial charge in [0.15, 0.2) is 6.79 Å². The summed E-state index contributed by atoms with van der Waals surface area (Å²) in [4.78, 5) is 13.1. The molecule has 37 heavy (non-hydrogen) atoms. The maximum Gasteiger partial charge on any atom is 0.407 e. The highest BCUT2D eigenvalue weighted by Crippen LogP contribution is 2.34. The molecule has 6 nitrogen and oxygen atoms in total. The van der Waals surface area contributed by atoms with Gasteiger partial charge < -0.3 is 24.2 Å². The largest absolute Gasteiger partial charge is 0.467 e. The predicted molar refractivity (Wildman–Crippen MR) is 145 cm³/mol. The van der Waals surface area contributed by atoms with Crippen molar-refractivity contribution in [2.24, 2.45) is 0 Å². The van der Waals surface area contributed by atoms with Crippen LogP contribution < -0.4 is 4.74 Å². The molecule has 1 amide bonds. The lowest BCUT2D eigenvalue weighted by atomic mass is 9.87. The number of carboxylic acid groups (broad SMARTS) is 1. The van der Waals surface area contributed by atoms with Crippen LogP contribution in [0, 0.1) is 5.82 Å². The minimum absolute atomic E-state index is 0.0362. The summed E-state index contributed by atoms with van der Waals surface area (Å²) < 4.78 is 31.9. The fraction of sp³-hybridized carbons (Fsp3) is 0.414. The van der Waals surface area contributed by atoms with Crippen LogP contribution in [0.3, 0.4) is 0 Å². The lowest BCUT2D eigenvalue weighted by molar-refractivity contribution is -0.0223.